The van der Waals surface area contributed by atoms with E-state index in [-0.39, 0.29) is 22.5 Å². The molecule has 1 aliphatic heterocycles. The Balaban J connectivity index is 1.82. The maximum atomic E-state index is 15.0. The molecule has 0 radical (unpaired) electrons. The Kier molecular flexibility index (Phi) is 13.1. The van der Waals surface area contributed by atoms with Crippen LogP contribution in [0, 0.1) is 0 Å². The van der Waals surface area contributed by atoms with E-state index in [4.69, 9.17) is 23.1 Å². The van der Waals surface area contributed by atoms with E-state index in [1.807, 2.05) is 54.6 Å². The van der Waals surface area contributed by atoms with Crippen LogP contribution < -0.4 is 0 Å². The number of benzene rings is 3. The Morgan fingerprint density at radius 1 is 0.627 bits per heavy atom. The van der Waals surface area contributed by atoms with E-state index >= 15 is 0 Å². The van der Waals surface area contributed by atoms with Crippen molar-refractivity contribution < 1.29 is 27.9 Å². The largest absolute Gasteiger partial charge is 0.406 e. The second-order valence-corrected chi connectivity index (χ2v) is 33.4. The molecule has 3 aromatic carbocycles. The Bertz CT molecular complexity index is 1450. The number of hydrogen-bond acceptors (Lipinski definition) is 6. The van der Waals surface area contributed by atoms with Gasteiger partial charge in [-0.2, -0.15) is 0 Å². The monoisotopic (exact) mass is 748 g/mol. The SMILES string of the molecule is CC(C)(C)[Si](C)(C)O[C@H]1[C@H](OCC[Si](C)(C)C)O[C@H](COC(c2ccccc2)(c2ccccc2)c2ccccc2)C(=O)[C@@H]1O[Si](C)(C)C(C)(C)C. The van der Waals surface area contributed by atoms with Gasteiger partial charge in [0.25, 0.3) is 0 Å². The molecule has 4 atom stereocenters. The minimum absolute atomic E-state index is 0.00439. The Hall–Kier alpha value is -2.22. The topological polar surface area (TPSA) is 63.2 Å². The summed E-state index contributed by atoms with van der Waals surface area (Å²) in [4.78, 5) is 15.0. The molecule has 1 fully saturated rings. The van der Waals surface area contributed by atoms with Crippen LogP contribution in [0.2, 0.25) is 61.9 Å². The minimum Gasteiger partial charge on any atom is -0.406 e. The standard InChI is InChI=1S/C42H64O6Si3/c1-40(2,3)50(10,11)47-37-36(43)35(46-39(44-29-30-49(7,8)9)38(37)48-51(12,13)41(4,5)6)31-45-42(32-23-17-14-18-24-32,33-25-19-15-20-26-33)34-27-21-16-22-28-34/h14-28,35,37-39H,29-31H2,1-13H3/t35-,37+,38-,39-/m1/s1. The van der Waals surface area contributed by atoms with Crippen LogP contribution in [0.5, 0.6) is 0 Å². The first-order valence-corrected chi connectivity index (χ1v) is 28.1. The van der Waals surface area contributed by atoms with Gasteiger partial charge in [-0.25, -0.2) is 0 Å². The summed E-state index contributed by atoms with van der Waals surface area (Å²) >= 11 is 0. The molecule has 0 aromatic heterocycles. The van der Waals surface area contributed by atoms with Gasteiger partial charge in [0, 0.05) is 14.7 Å². The van der Waals surface area contributed by atoms with Gasteiger partial charge in [-0.05, 0) is 59.0 Å². The van der Waals surface area contributed by atoms with Crippen LogP contribution in [-0.2, 0) is 33.5 Å². The van der Waals surface area contributed by atoms with Crippen LogP contribution >= 0.6 is 0 Å². The van der Waals surface area contributed by atoms with E-state index in [2.05, 4.69) is 124 Å². The molecule has 0 unspecified atom stereocenters. The summed E-state index contributed by atoms with van der Waals surface area (Å²) in [6.45, 7) is 29.6. The average molecular weight is 749 g/mol. The van der Waals surface area contributed by atoms with Crippen molar-refractivity contribution in [3.8, 4) is 0 Å². The number of hydrogen-bond donors (Lipinski definition) is 0. The zero-order valence-corrected chi connectivity index (χ0v) is 36.5. The third-order valence-corrected chi connectivity index (χ3v) is 21.7. The van der Waals surface area contributed by atoms with E-state index in [1.54, 1.807) is 0 Å². The first-order chi connectivity index (χ1) is 23.6. The molecule has 6 nitrogen and oxygen atoms in total. The summed E-state index contributed by atoms with van der Waals surface area (Å²) in [6.07, 6.45) is -3.30. The van der Waals surface area contributed by atoms with Gasteiger partial charge in [0.15, 0.2) is 28.7 Å². The average Bonchev–Trinajstić information content (AvgIpc) is 3.04. The molecule has 0 bridgehead atoms. The van der Waals surface area contributed by atoms with Crippen molar-refractivity contribution in [1.29, 1.82) is 0 Å². The van der Waals surface area contributed by atoms with E-state index in [1.165, 1.54) is 0 Å². The van der Waals surface area contributed by atoms with E-state index in [0.717, 1.165) is 22.7 Å². The molecule has 9 heteroatoms. The highest BCUT2D eigenvalue weighted by atomic mass is 28.4. The van der Waals surface area contributed by atoms with E-state index in [9.17, 15) is 4.79 Å². The lowest BCUT2D eigenvalue weighted by Crippen LogP contribution is -2.64. The maximum Gasteiger partial charge on any atom is 0.194 e. The summed E-state index contributed by atoms with van der Waals surface area (Å²) in [5.41, 5.74) is 1.87. The van der Waals surface area contributed by atoms with Crippen molar-refractivity contribution in [2.75, 3.05) is 13.2 Å². The number of rotatable bonds is 14. The molecule has 0 saturated carbocycles. The fourth-order valence-corrected chi connectivity index (χ4v) is 8.99. The normalized spacial score (nSPS) is 21.2. The number of Topliss-reactive ketones (excluding diaryl/α,β-unsaturated/α-hetero) is 1. The second kappa shape index (κ2) is 16.0. The zero-order valence-electron chi connectivity index (χ0n) is 33.5. The lowest BCUT2D eigenvalue weighted by Gasteiger charge is -2.49. The zero-order chi connectivity index (χ0) is 37.9. The fourth-order valence-electron chi connectivity index (χ4n) is 5.75. The summed E-state index contributed by atoms with van der Waals surface area (Å²) in [5.74, 6) is -0.156. The molecule has 0 spiro atoms. The highest BCUT2D eigenvalue weighted by Gasteiger charge is 2.54. The molecule has 1 aliphatic rings. The highest BCUT2D eigenvalue weighted by molar-refractivity contribution is 6.76. The van der Waals surface area contributed by atoms with Crippen LogP contribution in [-0.4, -0.2) is 68.3 Å². The molecule has 1 heterocycles. The van der Waals surface area contributed by atoms with Gasteiger partial charge >= 0.3 is 0 Å². The molecule has 0 N–H and O–H groups in total. The van der Waals surface area contributed by atoms with Gasteiger partial charge in [0.05, 0.1) is 6.61 Å². The van der Waals surface area contributed by atoms with Crippen molar-refractivity contribution in [1.82, 2.24) is 0 Å². The predicted molar refractivity (Wildman–Crippen MR) is 217 cm³/mol. The van der Waals surface area contributed by atoms with Crippen LogP contribution in [0.1, 0.15) is 58.2 Å². The van der Waals surface area contributed by atoms with Crippen molar-refractivity contribution >= 4 is 30.5 Å². The van der Waals surface area contributed by atoms with Gasteiger partial charge in [0.1, 0.15) is 23.9 Å². The summed E-state index contributed by atoms with van der Waals surface area (Å²) in [6, 6.07) is 31.6. The van der Waals surface area contributed by atoms with Crippen molar-refractivity contribution in [3.63, 3.8) is 0 Å². The van der Waals surface area contributed by atoms with Gasteiger partial charge < -0.3 is 23.1 Å². The highest BCUT2D eigenvalue weighted by Crippen LogP contribution is 2.44. The Morgan fingerprint density at radius 2 is 1.04 bits per heavy atom. The van der Waals surface area contributed by atoms with Crippen LogP contribution in [0.4, 0.5) is 0 Å². The molecule has 0 amide bonds. The molecule has 280 valence electrons. The fraction of sp³-hybridized carbons (Fsp3) is 0.548. The molecule has 4 rings (SSSR count). The summed E-state index contributed by atoms with van der Waals surface area (Å²) in [5, 5.41) is -0.225. The lowest BCUT2D eigenvalue weighted by atomic mass is 9.80. The van der Waals surface area contributed by atoms with Gasteiger partial charge in [0.2, 0.25) is 0 Å². The quantitative estimate of drug-likeness (QED) is 0.121. The predicted octanol–water partition coefficient (Wildman–Crippen LogP) is 10.4. The first kappa shape index (κ1) is 41.5. The van der Waals surface area contributed by atoms with Crippen LogP contribution in [0.15, 0.2) is 91.0 Å². The minimum atomic E-state index is -2.47. The lowest BCUT2D eigenvalue weighted by molar-refractivity contribution is -0.255. The van der Waals surface area contributed by atoms with Gasteiger partial charge in [-0.1, -0.05) is 152 Å². The smallest absolute Gasteiger partial charge is 0.194 e. The third-order valence-electron chi connectivity index (χ3n) is 11.1. The van der Waals surface area contributed by atoms with Gasteiger partial charge in [-0.3, -0.25) is 4.79 Å². The van der Waals surface area contributed by atoms with E-state index < -0.39 is 54.9 Å². The van der Waals surface area contributed by atoms with Crippen LogP contribution in [0.25, 0.3) is 0 Å². The van der Waals surface area contributed by atoms with Crippen molar-refractivity contribution in [2.45, 2.75) is 134 Å². The third kappa shape index (κ3) is 9.86. The molecule has 3 aromatic rings. The number of ether oxygens (including phenoxy) is 3. The number of ketones is 1. The molecule has 1 saturated heterocycles. The number of carbonyl (C=O) groups is 1. The summed E-state index contributed by atoms with van der Waals surface area (Å²) < 4.78 is 34.8. The van der Waals surface area contributed by atoms with Crippen LogP contribution in [0.3, 0.4) is 0 Å². The Labute approximate surface area is 311 Å². The maximum absolute atomic E-state index is 15.0. The van der Waals surface area contributed by atoms with Crippen molar-refractivity contribution in [3.05, 3.63) is 108 Å². The number of carbonyl (C=O) groups excluding carboxylic acids is 1. The molecular weight excluding hydrogens is 685 g/mol. The second-order valence-electron chi connectivity index (χ2n) is 18.3. The molecule has 51 heavy (non-hydrogen) atoms. The molecular formula is C42H64O6Si3. The van der Waals surface area contributed by atoms with Gasteiger partial charge in [-0.15, -0.1) is 0 Å². The first-order valence-electron chi connectivity index (χ1n) is 18.6. The summed E-state index contributed by atoms with van der Waals surface area (Å²) in [7, 11) is -6.30. The van der Waals surface area contributed by atoms with E-state index in [0.29, 0.717) is 6.61 Å². The Morgan fingerprint density at radius 3 is 1.43 bits per heavy atom. The molecule has 0 aliphatic carbocycles. The van der Waals surface area contributed by atoms with Crippen molar-refractivity contribution in [2.24, 2.45) is 0 Å².